The van der Waals surface area contributed by atoms with E-state index in [0.29, 0.717) is 17.7 Å². The Hall–Kier alpha value is -2.37. The molecule has 0 radical (unpaired) electrons. The van der Waals surface area contributed by atoms with E-state index < -0.39 is 5.97 Å². The highest BCUT2D eigenvalue weighted by atomic mass is 16.5. The van der Waals surface area contributed by atoms with Crippen LogP contribution in [-0.2, 0) is 14.3 Å². The average molecular weight is 344 g/mol. The van der Waals surface area contributed by atoms with E-state index in [0.717, 1.165) is 25.9 Å². The number of carbonyl (C=O) groups is 3. The largest absolute Gasteiger partial charge is 0.465 e. The van der Waals surface area contributed by atoms with Gasteiger partial charge in [-0.25, -0.2) is 4.79 Å². The molecule has 2 amide bonds. The Balaban J connectivity index is 1.52. The summed E-state index contributed by atoms with van der Waals surface area (Å²) in [4.78, 5) is 38.2. The van der Waals surface area contributed by atoms with Gasteiger partial charge in [0.05, 0.1) is 24.5 Å². The molecule has 25 heavy (non-hydrogen) atoms. The summed E-state index contributed by atoms with van der Waals surface area (Å²) in [6.07, 6.45) is 5.10. The van der Waals surface area contributed by atoms with Gasteiger partial charge in [-0.2, -0.15) is 0 Å². The SMILES string of the molecule is COC(=O)c1ccc(NC(=O)C2CC2C(=O)N2CCCCCC2)cc1. The zero-order valence-electron chi connectivity index (χ0n) is 14.5. The van der Waals surface area contributed by atoms with Gasteiger partial charge in [0.2, 0.25) is 11.8 Å². The number of amides is 2. The molecule has 1 saturated heterocycles. The van der Waals surface area contributed by atoms with Crippen LogP contribution in [0.3, 0.4) is 0 Å². The van der Waals surface area contributed by atoms with E-state index in [2.05, 4.69) is 10.1 Å². The molecule has 0 bridgehead atoms. The summed E-state index contributed by atoms with van der Waals surface area (Å²) in [5, 5.41) is 2.83. The van der Waals surface area contributed by atoms with Gasteiger partial charge in [0.25, 0.3) is 0 Å². The van der Waals surface area contributed by atoms with Crippen molar-refractivity contribution >= 4 is 23.5 Å². The zero-order chi connectivity index (χ0) is 17.8. The number of hydrogen-bond donors (Lipinski definition) is 1. The minimum absolute atomic E-state index is 0.126. The molecule has 1 aliphatic heterocycles. The van der Waals surface area contributed by atoms with Gasteiger partial charge in [-0.1, -0.05) is 12.8 Å². The van der Waals surface area contributed by atoms with Gasteiger partial charge in [0, 0.05) is 18.8 Å². The molecule has 1 aromatic rings. The van der Waals surface area contributed by atoms with Crippen molar-refractivity contribution in [2.75, 3.05) is 25.5 Å². The number of carbonyl (C=O) groups excluding carboxylic acids is 3. The summed E-state index contributed by atoms with van der Waals surface area (Å²) in [6, 6.07) is 6.54. The van der Waals surface area contributed by atoms with Gasteiger partial charge in [-0.3, -0.25) is 9.59 Å². The smallest absolute Gasteiger partial charge is 0.337 e. The molecule has 2 fully saturated rings. The topological polar surface area (TPSA) is 75.7 Å². The Morgan fingerprint density at radius 3 is 2.24 bits per heavy atom. The predicted octanol–water partition coefficient (Wildman–Crippen LogP) is 2.45. The van der Waals surface area contributed by atoms with Gasteiger partial charge < -0.3 is 15.0 Å². The van der Waals surface area contributed by atoms with Crippen LogP contribution in [0.25, 0.3) is 0 Å². The Labute approximate surface area is 147 Å². The number of rotatable bonds is 4. The van der Waals surface area contributed by atoms with Crippen LogP contribution in [-0.4, -0.2) is 42.9 Å². The maximum absolute atomic E-state index is 12.5. The van der Waals surface area contributed by atoms with E-state index in [-0.39, 0.29) is 23.7 Å². The van der Waals surface area contributed by atoms with Crippen LogP contribution < -0.4 is 5.32 Å². The number of benzene rings is 1. The fourth-order valence-corrected chi connectivity index (χ4v) is 3.33. The summed E-state index contributed by atoms with van der Waals surface area (Å²) >= 11 is 0. The number of likely N-dealkylation sites (tertiary alicyclic amines) is 1. The zero-order valence-corrected chi connectivity index (χ0v) is 14.5. The van der Waals surface area contributed by atoms with Crippen LogP contribution in [0.1, 0.15) is 42.5 Å². The molecule has 2 aliphatic rings. The monoisotopic (exact) mass is 344 g/mol. The lowest BCUT2D eigenvalue weighted by atomic mass is 10.2. The molecule has 2 atom stereocenters. The molecule has 6 nitrogen and oxygen atoms in total. The molecular formula is C19H24N2O4. The second-order valence-corrected chi connectivity index (χ2v) is 6.75. The summed E-state index contributed by atoms with van der Waals surface area (Å²) < 4.78 is 4.64. The number of esters is 1. The van der Waals surface area contributed by atoms with Crippen molar-refractivity contribution < 1.29 is 19.1 Å². The molecule has 1 saturated carbocycles. The van der Waals surface area contributed by atoms with Crippen molar-refractivity contribution in [2.45, 2.75) is 32.1 Å². The minimum atomic E-state index is -0.414. The fraction of sp³-hybridized carbons (Fsp3) is 0.526. The molecule has 1 aromatic carbocycles. The highest BCUT2D eigenvalue weighted by Crippen LogP contribution is 2.41. The molecule has 1 N–H and O–H groups in total. The molecular weight excluding hydrogens is 320 g/mol. The summed E-state index contributed by atoms with van der Waals surface area (Å²) in [6.45, 7) is 1.64. The van der Waals surface area contributed by atoms with Gasteiger partial charge in [-0.05, 0) is 43.5 Å². The first-order chi connectivity index (χ1) is 12.1. The quantitative estimate of drug-likeness (QED) is 0.851. The minimum Gasteiger partial charge on any atom is -0.465 e. The molecule has 1 aliphatic carbocycles. The van der Waals surface area contributed by atoms with E-state index in [1.807, 2.05) is 4.90 Å². The van der Waals surface area contributed by atoms with Crippen LogP contribution in [0.2, 0.25) is 0 Å². The molecule has 6 heteroatoms. The van der Waals surface area contributed by atoms with Crippen LogP contribution in [0.4, 0.5) is 5.69 Å². The van der Waals surface area contributed by atoms with E-state index in [9.17, 15) is 14.4 Å². The first kappa shape index (κ1) is 17.5. The Morgan fingerprint density at radius 2 is 1.64 bits per heavy atom. The molecule has 0 aromatic heterocycles. The van der Waals surface area contributed by atoms with Crippen LogP contribution in [0.5, 0.6) is 0 Å². The van der Waals surface area contributed by atoms with E-state index in [4.69, 9.17) is 0 Å². The van der Waals surface area contributed by atoms with Gasteiger partial charge in [0.1, 0.15) is 0 Å². The number of anilines is 1. The first-order valence-electron chi connectivity index (χ1n) is 8.88. The second kappa shape index (κ2) is 7.68. The van der Waals surface area contributed by atoms with Gasteiger partial charge >= 0.3 is 5.97 Å². The van der Waals surface area contributed by atoms with Gasteiger partial charge in [0.15, 0.2) is 0 Å². The number of methoxy groups -OCH3 is 1. The number of hydrogen-bond acceptors (Lipinski definition) is 4. The van der Waals surface area contributed by atoms with Crippen molar-refractivity contribution in [3.05, 3.63) is 29.8 Å². The number of ether oxygens (including phenoxy) is 1. The third kappa shape index (κ3) is 4.18. The van der Waals surface area contributed by atoms with E-state index >= 15 is 0 Å². The molecule has 134 valence electrons. The summed E-state index contributed by atoms with van der Waals surface area (Å²) in [5.74, 6) is -0.825. The lowest BCUT2D eigenvalue weighted by Crippen LogP contribution is -2.34. The van der Waals surface area contributed by atoms with Crippen LogP contribution >= 0.6 is 0 Å². The van der Waals surface area contributed by atoms with E-state index in [1.165, 1.54) is 20.0 Å². The van der Waals surface area contributed by atoms with Crippen LogP contribution in [0.15, 0.2) is 24.3 Å². The second-order valence-electron chi connectivity index (χ2n) is 6.75. The average Bonchev–Trinajstić information content (AvgIpc) is 3.45. The summed E-state index contributed by atoms with van der Waals surface area (Å²) in [7, 11) is 1.33. The third-order valence-electron chi connectivity index (χ3n) is 4.94. The molecule has 3 rings (SSSR count). The predicted molar refractivity (Wildman–Crippen MR) is 93.1 cm³/mol. The maximum atomic E-state index is 12.5. The highest BCUT2D eigenvalue weighted by Gasteiger charge is 2.49. The Morgan fingerprint density at radius 1 is 1.00 bits per heavy atom. The highest BCUT2D eigenvalue weighted by molar-refractivity contribution is 6.00. The van der Waals surface area contributed by atoms with Crippen molar-refractivity contribution in [1.82, 2.24) is 4.90 Å². The van der Waals surface area contributed by atoms with E-state index in [1.54, 1.807) is 24.3 Å². The normalized spacial score (nSPS) is 22.7. The van der Waals surface area contributed by atoms with Crippen LogP contribution in [0, 0.1) is 11.8 Å². The Kier molecular flexibility index (Phi) is 5.36. The van der Waals surface area contributed by atoms with Gasteiger partial charge in [-0.15, -0.1) is 0 Å². The fourth-order valence-electron chi connectivity index (χ4n) is 3.33. The lowest BCUT2D eigenvalue weighted by Gasteiger charge is -2.20. The van der Waals surface area contributed by atoms with Crippen molar-refractivity contribution in [2.24, 2.45) is 11.8 Å². The summed E-state index contributed by atoms with van der Waals surface area (Å²) in [5.41, 5.74) is 1.05. The third-order valence-corrected chi connectivity index (χ3v) is 4.94. The lowest BCUT2D eigenvalue weighted by molar-refractivity contribution is -0.134. The number of nitrogens with one attached hydrogen (secondary N) is 1. The van der Waals surface area contributed by atoms with Crippen molar-refractivity contribution in [3.63, 3.8) is 0 Å². The number of nitrogens with zero attached hydrogens (tertiary/aromatic N) is 1. The standard InChI is InChI=1S/C19H24N2O4/c1-25-19(24)13-6-8-14(9-7-13)20-17(22)15-12-16(15)18(23)21-10-4-2-3-5-11-21/h6-9,15-16H,2-5,10-12H2,1H3,(H,20,22). The van der Waals surface area contributed by atoms with Crippen molar-refractivity contribution in [1.29, 1.82) is 0 Å². The maximum Gasteiger partial charge on any atom is 0.337 e. The molecule has 1 heterocycles. The molecule has 0 spiro atoms. The Bertz CT molecular complexity index is 648. The first-order valence-corrected chi connectivity index (χ1v) is 8.88. The van der Waals surface area contributed by atoms with Crippen molar-refractivity contribution in [3.8, 4) is 0 Å². The molecule has 2 unspecified atom stereocenters.